The van der Waals surface area contributed by atoms with Gasteiger partial charge in [0, 0.05) is 209 Å². The van der Waals surface area contributed by atoms with Gasteiger partial charge in [-0.3, -0.25) is 9.80 Å². The first-order valence-electron chi connectivity index (χ1n) is 58.5. The fraction of sp³-hybridized carbons (Fsp3) is 0.650. The molecule has 7 aliphatic carbocycles. The lowest BCUT2D eigenvalue weighted by Crippen LogP contribution is -2.43. The SMILES string of the molecule is C1=CC2CC1CC2CN1CCC(n2c(C3CNC3)nc3ccccc32)CC1.C1=CC2CC1CC2CN1CCC(n2c([C@@H]3CCNC3)nc3ccccc32)CC1.CC1=C(CN2CCC(n3c(C4CNC4)nc4ccccc43)CC2)C(C)(C)CCC1.CC1=C(CN2CCC(n3c([C@@H]4CCNC4)nc4ccccc43)CC2)C(C)(C)CCC1.Clc1ccc2c(c1)nc([C@@H]1CCNC1)n2C1CCN(CC2CCCCCCC2)CC1. The summed E-state index contributed by atoms with van der Waals surface area (Å²) in [6.07, 6.45) is 50.0. The normalized spacial score (nSPS) is 28.1. The number of allylic oxidation sites excluding steroid dienone is 6. The minimum Gasteiger partial charge on any atom is -0.324 e. The first-order valence-corrected chi connectivity index (χ1v) is 58.9. The van der Waals surface area contributed by atoms with Crippen LogP contribution in [0.5, 0.6) is 0 Å². The lowest BCUT2D eigenvalue weighted by atomic mass is 9.72. The van der Waals surface area contributed by atoms with E-state index in [0.29, 0.717) is 70.6 Å². The lowest BCUT2D eigenvalue weighted by Gasteiger charge is -2.40. The average molecular weight is 1970 g/mol. The summed E-state index contributed by atoms with van der Waals surface area (Å²) >= 11 is 6.29. The fourth-order valence-corrected chi connectivity index (χ4v) is 30.6. The van der Waals surface area contributed by atoms with Gasteiger partial charge < -0.3 is 64.1 Å². The number of hydrogen-bond acceptors (Lipinski definition) is 15. The van der Waals surface area contributed by atoms with Crippen LogP contribution < -0.4 is 26.6 Å². The molecule has 5 aromatic heterocycles. The minimum atomic E-state index is 0.377. The van der Waals surface area contributed by atoms with E-state index in [-0.39, 0.29) is 0 Å². The van der Waals surface area contributed by atoms with E-state index in [2.05, 4.69) is 243 Å². The average Bonchev–Trinajstić information content (AvgIpc) is 1.62. The molecule has 144 heavy (non-hydrogen) atoms. The molecule has 0 spiro atoms. The Morgan fingerprint density at radius 1 is 0.312 bits per heavy atom. The molecule has 5 N–H and O–H groups in total. The number of aromatic nitrogens is 10. The number of likely N-dealkylation sites (tertiary alicyclic amines) is 5. The molecule has 10 saturated heterocycles. The van der Waals surface area contributed by atoms with Gasteiger partial charge >= 0.3 is 0 Å². The largest absolute Gasteiger partial charge is 0.324 e. The fourth-order valence-electron chi connectivity index (χ4n) is 30.5. The number of benzene rings is 5. The van der Waals surface area contributed by atoms with Gasteiger partial charge in [-0.15, -0.1) is 0 Å². The van der Waals surface area contributed by atoms with Crippen LogP contribution in [-0.4, -0.2) is 236 Å². The Bertz CT molecular complexity index is 6100. The number of piperidine rings is 5. The van der Waals surface area contributed by atoms with E-state index in [1.54, 1.807) is 22.3 Å². The summed E-state index contributed by atoms with van der Waals surface area (Å²) in [6.45, 7) is 44.0. The summed E-state index contributed by atoms with van der Waals surface area (Å²) < 4.78 is 13.1. The van der Waals surface area contributed by atoms with E-state index in [9.17, 15) is 0 Å². The molecule has 0 amide bonds. The van der Waals surface area contributed by atoms with Crippen molar-refractivity contribution in [3.8, 4) is 0 Å². The Kier molecular flexibility index (Phi) is 31.0. The topological polar surface area (TPSA) is 165 Å². The van der Waals surface area contributed by atoms with Gasteiger partial charge in [0.25, 0.3) is 0 Å². The van der Waals surface area contributed by atoms with Crippen LogP contribution in [0.25, 0.3) is 55.2 Å². The van der Waals surface area contributed by atoms with Gasteiger partial charge in [0.15, 0.2) is 0 Å². The molecule has 772 valence electrons. The maximum atomic E-state index is 6.29. The maximum Gasteiger partial charge on any atom is 0.115 e. The third-order valence-electron chi connectivity index (χ3n) is 39.0. The van der Waals surface area contributed by atoms with E-state index in [0.717, 1.165) is 117 Å². The second-order valence-corrected chi connectivity index (χ2v) is 49.9. The summed E-state index contributed by atoms with van der Waals surface area (Å²) in [5.41, 5.74) is 19.9. The maximum absolute atomic E-state index is 6.29. The molecule has 20 nitrogen and oxygen atoms in total. The van der Waals surface area contributed by atoms with Crippen LogP contribution in [0.2, 0.25) is 5.02 Å². The quantitative estimate of drug-likeness (QED) is 0.0457. The van der Waals surface area contributed by atoms with E-state index >= 15 is 0 Å². The standard InChI is InChI=1S/C26H38N4.C25H37ClN4.C25H36N4.C24H32N4.C23H30N4/c1-19-7-6-13-26(2,3)22(19)18-29-15-11-21(12-16-29)30-24-9-5-4-8-23(24)28-25(30)20-10-14-27-17-20;26-21-8-9-24-23(16-21)28-25(20-10-13-27-17-20)30(24)22-11-14-29(15-12-22)18-19-6-4-2-1-3-5-7-19;1-18-7-6-12-25(2,3)21(18)17-28-13-10-20(11-14-28)29-23-9-5-4-8-22(23)27-24(29)19-15-26-16-19;1-2-4-23-22(3-1)26-24(19-7-10-25-15-19)28(23)21-8-11-27(12-9-21)16-20-14-17-5-6-18(20)13-17;1-2-4-22-21(3-1)25-23(19-13-24-14-19)27(22)20-7-9-26(10-8-20)15-18-12-16-5-6-17(18)11-16/h4-5,8-9,20-21,27H,6-7,10-18H2,1-3H3;8-9,16,19-20,22,27H,1-7,10-15,17-18H2;4-5,8-9,19-20,26H,6-7,10-17H2,1-3H3;1-6,17-21,25H,7-16H2;1-6,16-20,24H,7-15H2/t2*20-;;17?,18?,19-,20?;/m11.1./s1. The van der Waals surface area contributed by atoms with Crippen molar-refractivity contribution in [2.45, 2.75) is 294 Å². The Morgan fingerprint density at radius 3 is 0.938 bits per heavy atom. The van der Waals surface area contributed by atoms with Gasteiger partial charge in [0.1, 0.15) is 29.1 Å². The number of nitrogens with one attached hydrogen (secondary N) is 5. The van der Waals surface area contributed by atoms with Crippen LogP contribution in [0.4, 0.5) is 0 Å². The minimum absolute atomic E-state index is 0.377. The van der Waals surface area contributed by atoms with Crippen molar-refractivity contribution in [1.29, 1.82) is 0 Å². The van der Waals surface area contributed by atoms with Crippen LogP contribution in [0.1, 0.15) is 323 Å². The summed E-state index contributed by atoms with van der Waals surface area (Å²) in [5.74, 6) is 15.7. The van der Waals surface area contributed by atoms with Crippen LogP contribution in [0.3, 0.4) is 0 Å². The first kappa shape index (κ1) is 99.6. The zero-order valence-electron chi connectivity index (χ0n) is 88.6. The van der Waals surface area contributed by atoms with Crippen LogP contribution in [0, 0.1) is 52.3 Å². The molecule has 3 saturated carbocycles. The van der Waals surface area contributed by atoms with Crippen molar-refractivity contribution >= 4 is 66.8 Å². The van der Waals surface area contributed by atoms with Crippen molar-refractivity contribution in [3.05, 3.63) is 196 Å². The van der Waals surface area contributed by atoms with Crippen LogP contribution in [0.15, 0.2) is 162 Å². The van der Waals surface area contributed by atoms with E-state index in [4.69, 9.17) is 36.5 Å². The Hall–Kier alpha value is -7.70. The third kappa shape index (κ3) is 21.9. The molecule has 21 heteroatoms. The van der Waals surface area contributed by atoms with Crippen LogP contribution >= 0.6 is 11.6 Å². The lowest BCUT2D eigenvalue weighted by molar-refractivity contribution is 0.151. The number of imidazole rings is 5. The predicted octanol–water partition coefficient (Wildman–Crippen LogP) is 23.5. The number of rotatable bonds is 20. The zero-order chi connectivity index (χ0) is 97.4. The molecule has 27 rings (SSSR count). The van der Waals surface area contributed by atoms with Gasteiger partial charge in [-0.05, 0) is 313 Å². The summed E-state index contributed by atoms with van der Waals surface area (Å²) in [4.78, 5) is 39.1. The van der Waals surface area contributed by atoms with Gasteiger partial charge in [-0.2, -0.15) is 0 Å². The van der Waals surface area contributed by atoms with Gasteiger partial charge in [-0.25, -0.2) is 24.9 Å². The summed E-state index contributed by atoms with van der Waals surface area (Å²) in [6, 6.07) is 44.2. The van der Waals surface area contributed by atoms with Crippen molar-refractivity contribution in [2.24, 2.45) is 52.3 Å². The Labute approximate surface area is 865 Å². The number of hydrogen-bond donors (Lipinski definition) is 5. The predicted molar refractivity (Wildman–Crippen MR) is 593 cm³/mol. The molecule has 9 atom stereocenters. The number of nitrogens with zero attached hydrogens (tertiary/aromatic N) is 15. The summed E-state index contributed by atoms with van der Waals surface area (Å²) in [7, 11) is 0. The number of halogens is 1. The Balaban J connectivity index is 0.0000000997. The molecule has 0 radical (unpaired) electrons. The highest BCUT2D eigenvalue weighted by Crippen LogP contribution is 2.50. The molecule has 15 heterocycles. The highest BCUT2D eigenvalue weighted by Gasteiger charge is 2.43. The van der Waals surface area contributed by atoms with Crippen molar-refractivity contribution in [1.82, 2.24) is 98.8 Å². The molecule has 6 unspecified atom stereocenters. The molecule has 5 aromatic carbocycles. The molecular weight excluding hydrogens is 1790 g/mol. The second-order valence-electron chi connectivity index (χ2n) is 49.5. The molecular formula is C123H173ClN20. The highest BCUT2D eigenvalue weighted by atomic mass is 35.5. The number of fused-ring (bicyclic) bond motifs is 9. The highest BCUT2D eigenvalue weighted by molar-refractivity contribution is 6.31. The first-order chi connectivity index (χ1) is 70.5. The molecule has 10 aromatic rings. The molecule has 17 aliphatic rings. The van der Waals surface area contributed by atoms with Gasteiger partial charge in [-0.1, -0.05) is 167 Å². The second kappa shape index (κ2) is 44.8. The van der Waals surface area contributed by atoms with E-state index < -0.39 is 0 Å². The van der Waals surface area contributed by atoms with Crippen molar-refractivity contribution in [2.75, 3.05) is 164 Å². The van der Waals surface area contributed by atoms with E-state index in [1.165, 1.54) is 370 Å². The van der Waals surface area contributed by atoms with Crippen molar-refractivity contribution < 1.29 is 0 Å². The van der Waals surface area contributed by atoms with Crippen molar-refractivity contribution in [3.63, 3.8) is 0 Å². The Morgan fingerprint density at radius 2 is 0.625 bits per heavy atom. The number of para-hydroxylation sites is 8. The van der Waals surface area contributed by atoms with Gasteiger partial charge in [0.2, 0.25) is 0 Å². The smallest absolute Gasteiger partial charge is 0.115 e. The van der Waals surface area contributed by atoms with Gasteiger partial charge in [0.05, 0.1) is 55.2 Å². The molecule has 13 fully saturated rings. The zero-order valence-corrected chi connectivity index (χ0v) is 89.3. The monoisotopic (exact) mass is 1970 g/mol. The third-order valence-corrected chi connectivity index (χ3v) is 39.3. The van der Waals surface area contributed by atoms with Crippen LogP contribution in [-0.2, 0) is 0 Å². The van der Waals surface area contributed by atoms with E-state index in [1.807, 2.05) is 12.1 Å². The molecule has 10 aliphatic heterocycles. The summed E-state index contributed by atoms with van der Waals surface area (Å²) in [5, 5.41) is 18.3. The molecule has 4 bridgehead atoms.